The van der Waals surface area contributed by atoms with Crippen LogP contribution in [0.4, 0.5) is 0 Å². The lowest BCUT2D eigenvalue weighted by atomic mass is 10.1. The molecule has 2 unspecified atom stereocenters. The van der Waals surface area contributed by atoms with Gasteiger partial charge in [0.25, 0.3) is 11.8 Å². The molecule has 2 atom stereocenters. The zero-order valence-electron chi connectivity index (χ0n) is 17.9. The second-order valence-corrected chi connectivity index (χ2v) is 7.78. The zero-order chi connectivity index (χ0) is 22.2. The Kier molecular flexibility index (Phi) is 7.83. The van der Waals surface area contributed by atoms with Gasteiger partial charge < -0.3 is 24.7 Å². The van der Waals surface area contributed by atoms with Crippen LogP contribution in [0, 0.1) is 0 Å². The predicted molar refractivity (Wildman–Crippen MR) is 114 cm³/mol. The van der Waals surface area contributed by atoms with E-state index < -0.39 is 0 Å². The highest BCUT2D eigenvalue weighted by Crippen LogP contribution is 2.15. The van der Waals surface area contributed by atoms with Crippen molar-refractivity contribution in [2.45, 2.75) is 45.4 Å². The molecule has 31 heavy (non-hydrogen) atoms. The molecule has 3 amide bonds. The number of rotatable bonds is 8. The maximum atomic E-state index is 12.7. The molecular formula is C23H29N3O5. The minimum Gasteiger partial charge on any atom is -0.459 e. The number of ether oxygens (including phenoxy) is 1. The van der Waals surface area contributed by atoms with Gasteiger partial charge in [-0.3, -0.25) is 14.4 Å². The molecule has 1 saturated heterocycles. The van der Waals surface area contributed by atoms with Crippen molar-refractivity contribution in [2.75, 3.05) is 19.6 Å². The zero-order valence-corrected chi connectivity index (χ0v) is 17.9. The number of nitrogens with one attached hydrogen (secondary N) is 2. The van der Waals surface area contributed by atoms with Crippen LogP contribution < -0.4 is 10.6 Å². The first-order valence-electron chi connectivity index (χ1n) is 10.5. The van der Waals surface area contributed by atoms with Crippen LogP contribution >= 0.6 is 0 Å². The van der Waals surface area contributed by atoms with Gasteiger partial charge in [0.2, 0.25) is 5.91 Å². The Morgan fingerprint density at radius 2 is 1.74 bits per heavy atom. The van der Waals surface area contributed by atoms with Crippen molar-refractivity contribution in [3.8, 4) is 0 Å². The number of hydrogen-bond acceptors (Lipinski definition) is 5. The maximum Gasteiger partial charge on any atom is 0.286 e. The largest absolute Gasteiger partial charge is 0.459 e. The third-order valence-electron chi connectivity index (χ3n) is 5.01. The van der Waals surface area contributed by atoms with E-state index in [9.17, 15) is 14.4 Å². The van der Waals surface area contributed by atoms with Crippen molar-refractivity contribution in [2.24, 2.45) is 0 Å². The second-order valence-electron chi connectivity index (χ2n) is 7.78. The van der Waals surface area contributed by atoms with Gasteiger partial charge in [-0.1, -0.05) is 12.1 Å². The highest BCUT2D eigenvalue weighted by Gasteiger charge is 2.26. The molecule has 2 N–H and O–H groups in total. The smallest absolute Gasteiger partial charge is 0.286 e. The van der Waals surface area contributed by atoms with Gasteiger partial charge in [0, 0.05) is 38.2 Å². The van der Waals surface area contributed by atoms with E-state index in [1.165, 1.54) is 6.26 Å². The summed E-state index contributed by atoms with van der Waals surface area (Å²) < 4.78 is 10.7. The number of benzene rings is 1. The molecule has 1 aliphatic heterocycles. The van der Waals surface area contributed by atoms with Crippen LogP contribution in [0.25, 0.3) is 0 Å². The van der Waals surface area contributed by atoms with E-state index in [1.807, 2.05) is 30.9 Å². The van der Waals surface area contributed by atoms with E-state index in [0.29, 0.717) is 44.6 Å². The van der Waals surface area contributed by atoms with Crippen molar-refractivity contribution in [3.63, 3.8) is 0 Å². The Morgan fingerprint density at radius 1 is 1.03 bits per heavy atom. The molecule has 0 aliphatic carbocycles. The normalized spacial score (nSPS) is 18.5. The summed E-state index contributed by atoms with van der Waals surface area (Å²) in [6.07, 6.45) is 2.33. The average molecular weight is 428 g/mol. The fourth-order valence-corrected chi connectivity index (χ4v) is 3.53. The molecule has 8 heteroatoms. The minimum absolute atomic E-state index is 0.00539. The number of nitrogens with zero attached hydrogens (tertiary/aromatic N) is 1. The lowest BCUT2D eigenvalue weighted by Gasteiger charge is -2.35. The first-order valence-corrected chi connectivity index (χ1v) is 10.5. The van der Waals surface area contributed by atoms with E-state index >= 15 is 0 Å². The quantitative estimate of drug-likeness (QED) is 0.630. The molecule has 1 fully saturated rings. The fourth-order valence-electron chi connectivity index (χ4n) is 3.53. The maximum absolute atomic E-state index is 12.7. The minimum atomic E-state index is -0.291. The molecule has 0 saturated carbocycles. The van der Waals surface area contributed by atoms with Crippen molar-refractivity contribution in [3.05, 3.63) is 59.5 Å². The molecule has 166 valence electrons. The van der Waals surface area contributed by atoms with Gasteiger partial charge in [-0.15, -0.1) is 0 Å². The molecule has 1 aromatic carbocycles. The average Bonchev–Trinajstić information content (AvgIpc) is 3.29. The topological polar surface area (TPSA) is 101 Å². The van der Waals surface area contributed by atoms with Crippen molar-refractivity contribution < 1.29 is 23.5 Å². The van der Waals surface area contributed by atoms with Crippen molar-refractivity contribution in [1.29, 1.82) is 0 Å². The van der Waals surface area contributed by atoms with E-state index in [4.69, 9.17) is 9.15 Å². The number of furan rings is 1. The summed E-state index contributed by atoms with van der Waals surface area (Å²) in [5.41, 5.74) is 1.54. The van der Waals surface area contributed by atoms with Crippen LogP contribution in [-0.2, 0) is 16.1 Å². The monoisotopic (exact) mass is 427 g/mol. The Balaban J connectivity index is 1.37. The number of amides is 3. The lowest BCUT2D eigenvalue weighted by Crippen LogP contribution is -2.48. The number of morpholine rings is 1. The molecule has 3 rings (SSSR count). The lowest BCUT2D eigenvalue weighted by molar-refractivity contribution is -0.121. The molecule has 0 spiro atoms. The van der Waals surface area contributed by atoms with Crippen LogP contribution in [0.15, 0.2) is 47.1 Å². The van der Waals surface area contributed by atoms with Crippen LogP contribution in [0.2, 0.25) is 0 Å². The summed E-state index contributed by atoms with van der Waals surface area (Å²) in [6.45, 7) is 5.88. The highest BCUT2D eigenvalue weighted by molar-refractivity contribution is 5.94. The van der Waals surface area contributed by atoms with Crippen LogP contribution in [-0.4, -0.2) is 54.5 Å². The fraction of sp³-hybridized carbons (Fsp3) is 0.435. The van der Waals surface area contributed by atoms with E-state index in [0.717, 1.165) is 5.56 Å². The Hall–Kier alpha value is -3.13. The number of hydrogen-bond donors (Lipinski definition) is 2. The van der Waals surface area contributed by atoms with Crippen LogP contribution in [0.1, 0.15) is 53.2 Å². The summed E-state index contributed by atoms with van der Waals surface area (Å²) in [4.78, 5) is 38.3. The number of carbonyl (C=O) groups is 3. The molecule has 8 nitrogen and oxygen atoms in total. The molecule has 1 aromatic heterocycles. The van der Waals surface area contributed by atoms with Gasteiger partial charge in [-0.2, -0.15) is 0 Å². The van der Waals surface area contributed by atoms with Gasteiger partial charge in [-0.25, -0.2) is 0 Å². The molecular weight excluding hydrogens is 398 g/mol. The Labute approximate surface area is 181 Å². The van der Waals surface area contributed by atoms with Gasteiger partial charge in [0.15, 0.2) is 5.76 Å². The number of carbonyl (C=O) groups excluding carboxylic acids is 3. The summed E-state index contributed by atoms with van der Waals surface area (Å²) in [5.74, 6) is -0.136. The SMILES string of the molecule is CC1CN(C(=O)c2ccc(CNC(=O)CCCNC(=O)c3ccco3)cc2)CC(C)O1. The van der Waals surface area contributed by atoms with Gasteiger partial charge in [-0.05, 0) is 50.1 Å². The van der Waals surface area contributed by atoms with Crippen molar-refractivity contribution >= 4 is 17.7 Å². The first kappa shape index (κ1) is 22.6. The van der Waals surface area contributed by atoms with Gasteiger partial charge in [0.05, 0.1) is 18.5 Å². The van der Waals surface area contributed by atoms with Crippen molar-refractivity contribution in [1.82, 2.24) is 15.5 Å². The third kappa shape index (κ3) is 6.68. The summed E-state index contributed by atoms with van der Waals surface area (Å²) in [7, 11) is 0. The molecule has 0 radical (unpaired) electrons. The van der Waals surface area contributed by atoms with Gasteiger partial charge >= 0.3 is 0 Å². The first-order chi connectivity index (χ1) is 14.9. The van der Waals surface area contributed by atoms with E-state index in [1.54, 1.807) is 24.3 Å². The van der Waals surface area contributed by atoms with E-state index in [2.05, 4.69) is 10.6 Å². The molecule has 0 bridgehead atoms. The molecule has 2 aromatic rings. The summed E-state index contributed by atoms with van der Waals surface area (Å²) in [6, 6.07) is 10.5. The molecule has 1 aliphatic rings. The van der Waals surface area contributed by atoms with E-state index in [-0.39, 0.29) is 35.7 Å². The highest BCUT2D eigenvalue weighted by atomic mass is 16.5. The molecule has 2 heterocycles. The third-order valence-corrected chi connectivity index (χ3v) is 5.01. The predicted octanol–water partition coefficient (Wildman–Crippen LogP) is 2.36. The van der Waals surface area contributed by atoms with Crippen LogP contribution in [0.3, 0.4) is 0 Å². The standard InChI is InChI=1S/C23H29N3O5/c1-16-14-26(15-17(2)31-16)23(29)19-9-7-18(8-10-19)13-25-21(27)6-3-11-24-22(28)20-5-4-12-30-20/h4-5,7-10,12,16-17H,3,6,11,13-15H2,1-2H3,(H,24,28)(H,25,27). The summed E-state index contributed by atoms with van der Waals surface area (Å²) >= 11 is 0. The Bertz CT molecular complexity index is 869. The summed E-state index contributed by atoms with van der Waals surface area (Å²) in [5, 5.41) is 5.56. The van der Waals surface area contributed by atoms with Crippen LogP contribution in [0.5, 0.6) is 0 Å². The second kappa shape index (κ2) is 10.8. The van der Waals surface area contributed by atoms with Gasteiger partial charge in [0.1, 0.15) is 0 Å². The Morgan fingerprint density at radius 3 is 2.39 bits per heavy atom.